The number of nitrogens with zero attached hydrogens (tertiary/aromatic N) is 3. The van der Waals surface area contributed by atoms with Crippen molar-refractivity contribution < 1.29 is 13.2 Å². The summed E-state index contributed by atoms with van der Waals surface area (Å²) in [7, 11) is -1.69. The van der Waals surface area contributed by atoms with E-state index in [1.54, 1.807) is 0 Å². The summed E-state index contributed by atoms with van der Waals surface area (Å²) in [6, 6.07) is 7.10. The monoisotopic (exact) mass is 479 g/mol. The standard InChI is InChI=1S/C22H30ClN5O3S/c1-4-5-6-14-32(30,31)26-22(29)24-12-7-8-19-16(2)25-27(3)21(19)28-13-11-17-15-18(23)9-10-20(17)28/h9-11,13,15H,4-8,12,14H2,1-3H3,(H2,24,26,29). The van der Waals surface area contributed by atoms with Gasteiger partial charge >= 0.3 is 6.03 Å². The average molecular weight is 480 g/mol. The first-order valence-electron chi connectivity index (χ1n) is 10.8. The van der Waals surface area contributed by atoms with Crippen LogP contribution in [0.1, 0.15) is 43.9 Å². The Kier molecular flexibility index (Phi) is 7.84. The fourth-order valence-corrected chi connectivity index (χ4v) is 5.04. The molecular formula is C22H30ClN5O3S. The number of carbonyl (C=O) groups excluding carboxylic acids is 1. The molecule has 0 aliphatic carbocycles. The number of hydrogen-bond donors (Lipinski definition) is 2. The molecule has 0 unspecified atom stereocenters. The lowest BCUT2D eigenvalue weighted by molar-refractivity contribution is 0.245. The van der Waals surface area contributed by atoms with Gasteiger partial charge in [-0.15, -0.1) is 0 Å². The van der Waals surface area contributed by atoms with Crippen molar-refractivity contribution in [3.63, 3.8) is 0 Å². The fourth-order valence-electron chi connectivity index (χ4n) is 3.82. The number of aromatic nitrogens is 3. The number of unbranched alkanes of at least 4 members (excludes halogenated alkanes) is 2. The van der Waals surface area contributed by atoms with Crippen molar-refractivity contribution in [2.75, 3.05) is 12.3 Å². The Morgan fingerprint density at radius 1 is 1.19 bits per heavy atom. The van der Waals surface area contributed by atoms with Crippen LogP contribution in [0.4, 0.5) is 4.79 Å². The predicted octanol–water partition coefficient (Wildman–Crippen LogP) is 4.08. The number of amides is 2. The number of sulfonamides is 1. The Hall–Kier alpha value is -2.52. The maximum absolute atomic E-state index is 12.0. The Labute approximate surface area is 194 Å². The highest BCUT2D eigenvalue weighted by molar-refractivity contribution is 7.90. The molecule has 0 radical (unpaired) electrons. The Morgan fingerprint density at radius 3 is 2.72 bits per heavy atom. The molecule has 0 aliphatic heterocycles. The SMILES string of the molecule is CCCCCS(=O)(=O)NC(=O)NCCCc1c(C)nn(C)c1-n1ccc2cc(Cl)ccc21. The van der Waals surface area contributed by atoms with Gasteiger partial charge in [-0.25, -0.2) is 17.9 Å². The molecule has 8 nitrogen and oxygen atoms in total. The van der Waals surface area contributed by atoms with Gasteiger partial charge in [-0.1, -0.05) is 31.4 Å². The molecule has 0 fully saturated rings. The first-order chi connectivity index (χ1) is 15.2. The third-order valence-electron chi connectivity index (χ3n) is 5.35. The van der Waals surface area contributed by atoms with Gasteiger partial charge in [-0.3, -0.25) is 4.68 Å². The van der Waals surface area contributed by atoms with Crippen LogP contribution in [0.2, 0.25) is 5.02 Å². The second kappa shape index (κ2) is 10.4. The third kappa shape index (κ3) is 5.83. The van der Waals surface area contributed by atoms with E-state index in [0.29, 0.717) is 30.8 Å². The molecule has 32 heavy (non-hydrogen) atoms. The largest absolute Gasteiger partial charge is 0.337 e. The minimum Gasteiger partial charge on any atom is -0.337 e. The zero-order chi connectivity index (χ0) is 23.3. The molecule has 2 aromatic heterocycles. The molecule has 2 heterocycles. The molecule has 10 heteroatoms. The lowest BCUT2D eigenvalue weighted by atomic mass is 10.1. The minimum atomic E-state index is -3.59. The Balaban J connectivity index is 1.62. The molecule has 0 bridgehead atoms. The van der Waals surface area contributed by atoms with E-state index in [1.807, 2.05) is 56.0 Å². The number of urea groups is 1. The van der Waals surface area contributed by atoms with Crippen LogP contribution in [-0.4, -0.2) is 41.1 Å². The van der Waals surface area contributed by atoms with E-state index in [2.05, 4.69) is 19.7 Å². The van der Waals surface area contributed by atoms with Crippen LogP contribution in [-0.2, 0) is 23.5 Å². The lowest BCUT2D eigenvalue weighted by Gasteiger charge is -2.11. The highest BCUT2D eigenvalue weighted by Crippen LogP contribution is 2.27. The van der Waals surface area contributed by atoms with E-state index in [0.717, 1.165) is 40.8 Å². The van der Waals surface area contributed by atoms with E-state index in [9.17, 15) is 13.2 Å². The molecular weight excluding hydrogens is 450 g/mol. The number of nitrogens with one attached hydrogen (secondary N) is 2. The van der Waals surface area contributed by atoms with E-state index in [4.69, 9.17) is 11.6 Å². The van der Waals surface area contributed by atoms with Gasteiger partial charge in [-0.05, 0) is 50.5 Å². The number of carbonyl (C=O) groups is 1. The molecule has 0 aliphatic rings. The lowest BCUT2D eigenvalue weighted by Crippen LogP contribution is -2.40. The quantitative estimate of drug-likeness (QED) is 0.428. The van der Waals surface area contributed by atoms with Crippen molar-refractivity contribution in [3.8, 4) is 5.82 Å². The van der Waals surface area contributed by atoms with Crippen molar-refractivity contribution in [3.05, 3.63) is 46.7 Å². The van der Waals surface area contributed by atoms with Gasteiger partial charge in [0.2, 0.25) is 10.0 Å². The molecule has 0 saturated carbocycles. The van der Waals surface area contributed by atoms with Crippen molar-refractivity contribution in [2.24, 2.45) is 7.05 Å². The predicted molar refractivity (Wildman–Crippen MR) is 128 cm³/mol. The van der Waals surface area contributed by atoms with E-state index in [1.165, 1.54) is 0 Å². The summed E-state index contributed by atoms with van der Waals surface area (Å²) in [6.45, 7) is 4.31. The van der Waals surface area contributed by atoms with E-state index in [-0.39, 0.29) is 5.75 Å². The molecule has 2 amide bonds. The third-order valence-corrected chi connectivity index (χ3v) is 6.91. The topological polar surface area (TPSA) is 98.0 Å². The summed E-state index contributed by atoms with van der Waals surface area (Å²) in [5.41, 5.74) is 3.03. The molecule has 0 atom stereocenters. The van der Waals surface area contributed by atoms with Gasteiger partial charge < -0.3 is 9.88 Å². The number of rotatable bonds is 10. The van der Waals surface area contributed by atoms with Crippen molar-refractivity contribution in [2.45, 2.75) is 46.0 Å². The van der Waals surface area contributed by atoms with Gasteiger partial charge in [0.1, 0.15) is 5.82 Å². The van der Waals surface area contributed by atoms with Crippen molar-refractivity contribution >= 4 is 38.6 Å². The van der Waals surface area contributed by atoms with Crippen molar-refractivity contribution in [1.82, 2.24) is 24.4 Å². The van der Waals surface area contributed by atoms with Gasteiger partial charge in [-0.2, -0.15) is 5.10 Å². The zero-order valence-corrected chi connectivity index (χ0v) is 20.3. The van der Waals surface area contributed by atoms with Gasteiger partial charge in [0, 0.05) is 35.8 Å². The molecule has 0 saturated heterocycles. The summed E-state index contributed by atoms with van der Waals surface area (Å²) in [5.74, 6) is 0.922. The van der Waals surface area contributed by atoms with Crippen LogP contribution >= 0.6 is 11.6 Å². The summed E-state index contributed by atoms with van der Waals surface area (Å²) in [6.07, 6.45) is 5.61. The molecule has 2 N–H and O–H groups in total. The summed E-state index contributed by atoms with van der Waals surface area (Å²) >= 11 is 6.12. The van der Waals surface area contributed by atoms with Crippen LogP contribution in [0.15, 0.2) is 30.5 Å². The second-order valence-electron chi connectivity index (χ2n) is 7.89. The number of fused-ring (bicyclic) bond motifs is 1. The number of halogens is 1. The molecule has 3 rings (SSSR count). The summed E-state index contributed by atoms with van der Waals surface area (Å²) in [5, 5.41) is 8.95. The fraction of sp³-hybridized carbons (Fsp3) is 0.455. The maximum atomic E-state index is 12.0. The normalized spacial score (nSPS) is 11.8. The zero-order valence-electron chi connectivity index (χ0n) is 18.7. The Morgan fingerprint density at radius 2 is 1.97 bits per heavy atom. The summed E-state index contributed by atoms with van der Waals surface area (Å²) in [4.78, 5) is 12.0. The van der Waals surface area contributed by atoms with Crippen LogP contribution in [0, 0.1) is 6.92 Å². The average Bonchev–Trinajstić information content (AvgIpc) is 3.24. The molecule has 0 spiro atoms. The second-order valence-corrected chi connectivity index (χ2v) is 10.2. The smallest absolute Gasteiger partial charge is 0.328 e. The molecule has 1 aromatic carbocycles. The highest BCUT2D eigenvalue weighted by atomic mass is 35.5. The van der Waals surface area contributed by atoms with E-state index >= 15 is 0 Å². The summed E-state index contributed by atoms with van der Waals surface area (Å²) < 4.78 is 29.9. The van der Waals surface area contributed by atoms with Crippen LogP contribution in [0.5, 0.6) is 0 Å². The Bertz CT molecular complexity index is 1200. The first-order valence-corrected chi connectivity index (χ1v) is 12.8. The number of benzene rings is 1. The number of aryl methyl sites for hydroxylation is 2. The van der Waals surface area contributed by atoms with Crippen LogP contribution in [0.25, 0.3) is 16.7 Å². The number of hydrogen-bond acceptors (Lipinski definition) is 4. The highest BCUT2D eigenvalue weighted by Gasteiger charge is 2.17. The van der Waals surface area contributed by atoms with Gasteiger partial charge in [0.15, 0.2) is 0 Å². The van der Waals surface area contributed by atoms with Crippen LogP contribution in [0.3, 0.4) is 0 Å². The molecule has 3 aromatic rings. The van der Waals surface area contributed by atoms with Crippen molar-refractivity contribution in [1.29, 1.82) is 0 Å². The molecule has 174 valence electrons. The minimum absolute atomic E-state index is 0.0391. The maximum Gasteiger partial charge on any atom is 0.328 e. The van der Waals surface area contributed by atoms with Gasteiger partial charge in [0.25, 0.3) is 0 Å². The van der Waals surface area contributed by atoms with E-state index < -0.39 is 16.1 Å². The van der Waals surface area contributed by atoms with Gasteiger partial charge in [0.05, 0.1) is 17.0 Å². The first kappa shape index (κ1) is 24.1. The van der Waals surface area contributed by atoms with Crippen LogP contribution < -0.4 is 10.0 Å².